The minimum atomic E-state index is -0.870. The van der Waals surface area contributed by atoms with Crippen LogP contribution >= 0.6 is 0 Å². The predicted molar refractivity (Wildman–Crippen MR) is 92.8 cm³/mol. The van der Waals surface area contributed by atoms with Gasteiger partial charge in [0.25, 0.3) is 0 Å². The highest BCUT2D eigenvalue weighted by atomic mass is 19.2. The van der Waals surface area contributed by atoms with Gasteiger partial charge in [-0.3, -0.25) is 9.69 Å². The SMILES string of the molecule is COc1ccc(F)c(F)c1CN1CCC[C@@]2(CCC(=O)N(CCO)C2)C1. The highest BCUT2D eigenvalue weighted by molar-refractivity contribution is 5.77. The fourth-order valence-corrected chi connectivity index (χ4v) is 4.34. The van der Waals surface area contributed by atoms with Crippen LogP contribution in [-0.4, -0.2) is 60.7 Å². The summed E-state index contributed by atoms with van der Waals surface area (Å²) < 4.78 is 33.2. The van der Waals surface area contributed by atoms with Crippen LogP contribution in [-0.2, 0) is 11.3 Å². The molecule has 0 bridgehead atoms. The van der Waals surface area contributed by atoms with Crippen molar-refractivity contribution in [1.82, 2.24) is 9.80 Å². The fourth-order valence-electron chi connectivity index (χ4n) is 4.34. The second-order valence-corrected chi connectivity index (χ2v) is 7.40. The molecule has 26 heavy (non-hydrogen) atoms. The number of rotatable bonds is 5. The molecule has 2 heterocycles. The lowest BCUT2D eigenvalue weighted by Gasteiger charge is -2.48. The van der Waals surface area contributed by atoms with E-state index < -0.39 is 11.6 Å². The first-order valence-corrected chi connectivity index (χ1v) is 9.10. The Bertz CT molecular complexity index is 670. The van der Waals surface area contributed by atoms with Crippen LogP contribution in [0.4, 0.5) is 8.78 Å². The number of β-amino-alcohol motifs (C(OH)–C–C–N with tert-alkyl or cyclic N) is 1. The van der Waals surface area contributed by atoms with Gasteiger partial charge in [-0.25, -0.2) is 8.78 Å². The van der Waals surface area contributed by atoms with Crippen LogP contribution < -0.4 is 4.74 Å². The molecule has 2 aliphatic heterocycles. The van der Waals surface area contributed by atoms with Crippen molar-refractivity contribution < 1.29 is 23.4 Å². The van der Waals surface area contributed by atoms with Gasteiger partial charge in [-0.2, -0.15) is 0 Å². The summed E-state index contributed by atoms with van der Waals surface area (Å²) in [6, 6.07) is 2.53. The maximum Gasteiger partial charge on any atom is 0.222 e. The average molecular weight is 368 g/mol. The van der Waals surface area contributed by atoms with Crippen molar-refractivity contribution in [3.8, 4) is 5.75 Å². The van der Waals surface area contributed by atoms with Gasteiger partial charge in [0.1, 0.15) is 5.75 Å². The Morgan fingerprint density at radius 2 is 2.08 bits per heavy atom. The molecule has 0 aliphatic carbocycles. The number of methoxy groups -OCH3 is 1. The number of carbonyl (C=O) groups excluding carboxylic acids is 1. The van der Waals surface area contributed by atoms with Crippen molar-refractivity contribution in [2.75, 3.05) is 39.9 Å². The molecular formula is C19H26F2N2O3. The van der Waals surface area contributed by atoms with Crippen molar-refractivity contribution in [1.29, 1.82) is 0 Å². The highest BCUT2D eigenvalue weighted by Gasteiger charge is 2.41. The zero-order valence-electron chi connectivity index (χ0n) is 15.1. The first kappa shape index (κ1) is 19.0. The number of hydrogen-bond acceptors (Lipinski definition) is 4. The molecular weight excluding hydrogens is 342 g/mol. The molecule has 1 atom stereocenters. The largest absolute Gasteiger partial charge is 0.496 e. The molecule has 2 saturated heterocycles. The summed E-state index contributed by atoms with van der Waals surface area (Å²) in [6.45, 7) is 2.73. The van der Waals surface area contributed by atoms with E-state index in [1.807, 2.05) is 0 Å². The molecule has 2 fully saturated rings. The zero-order chi connectivity index (χ0) is 18.7. The van der Waals surface area contributed by atoms with E-state index in [0.717, 1.165) is 38.4 Å². The Kier molecular flexibility index (Phi) is 5.77. The second kappa shape index (κ2) is 7.88. The number of carbonyl (C=O) groups is 1. The van der Waals surface area contributed by atoms with Gasteiger partial charge in [-0.15, -0.1) is 0 Å². The summed E-state index contributed by atoms with van der Waals surface area (Å²) in [6.07, 6.45) is 3.22. The third-order valence-electron chi connectivity index (χ3n) is 5.61. The lowest BCUT2D eigenvalue weighted by Crippen LogP contribution is -2.54. The minimum absolute atomic E-state index is 0.0433. The number of aliphatic hydroxyl groups is 1. The molecule has 0 aromatic heterocycles. The lowest BCUT2D eigenvalue weighted by molar-refractivity contribution is -0.140. The van der Waals surface area contributed by atoms with Crippen molar-refractivity contribution in [3.63, 3.8) is 0 Å². The van der Waals surface area contributed by atoms with Gasteiger partial charge in [-0.1, -0.05) is 0 Å². The Labute approximate surface area is 152 Å². The van der Waals surface area contributed by atoms with Crippen LogP contribution in [0.25, 0.3) is 0 Å². The number of hydrogen-bond donors (Lipinski definition) is 1. The van der Waals surface area contributed by atoms with Crippen LogP contribution in [0, 0.1) is 17.0 Å². The summed E-state index contributed by atoms with van der Waals surface area (Å²) in [7, 11) is 1.45. The second-order valence-electron chi connectivity index (χ2n) is 7.40. The van der Waals surface area contributed by atoms with E-state index in [1.54, 1.807) is 4.90 Å². The van der Waals surface area contributed by atoms with E-state index in [9.17, 15) is 18.7 Å². The van der Waals surface area contributed by atoms with E-state index in [2.05, 4.69) is 4.90 Å². The monoisotopic (exact) mass is 368 g/mol. The summed E-state index contributed by atoms with van der Waals surface area (Å²) in [4.78, 5) is 15.9. The van der Waals surface area contributed by atoms with Crippen molar-refractivity contribution in [3.05, 3.63) is 29.3 Å². The van der Waals surface area contributed by atoms with Gasteiger partial charge in [0, 0.05) is 43.6 Å². The van der Waals surface area contributed by atoms with Gasteiger partial charge in [0.2, 0.25) is 5.91 Å². The first-order valence-electron chi connectivity index (χ1n) is 9.10. The smallest absolute Gasteiger partial charge is 0.222 e. The standard InChI is InChI=1S/C19H26F2N2O3/c1-26-16-4-3-15(20)18(21)14(16)11-22-8-2-6-19(12-22)7-5-17(25)23(13-19)9-10-24/h3-4,24H,2,5-13H2,1H3/t19-/m1/s1. The molecule has 1 amide bonds. The number of amides is 1. The van der Waals surface area contributed by atoms with Crippen molar-refractivity contribution >= 4 is 5.91 Å². The van der Waals surface area contributed by atoms with E-state index in [-0.39, 0.29) is 30.0 Å². The third-order valence-corrected chi connectivity index (χ3v) is 5.61. The molecule has 1 aromatic carbocycles. The highest BCUT2D eigenvalue weighted by Crippen LogP contribution is 2.39. The van der Waals surface area contributed by atoms with Crippen LogP contribution in [0.5, 0.6) is 5.75 Å². The first-order chi connectivity index (χ1) is 12.5. The molecule has 0 saturated carbocycles. The molecule has 144 valence electrons. The van der Waals surface area contributed by atoms with Gasteiger partial charge >= 0.3 is 0 Å². The Morgan fingerprint density at radius 3 is 2.81 bits per heavy atom. The van der Waals surface area contributed by atoms with E-state index in [1.165, 1.54) is 13.2 Å². The summed E-state index contributed by atoms with van der Waals surface area (Å²) >= 11 is 0. The quantitative estimate of drug-likeness (QED) is 0.866. The van der Waals surface area contributed by atoms with Gasteiger partial charge in [0.05, 0.1) is 13.7 Å². The lowest BCUT2D eigenvalue weighted by atomic mass is 9.73. The number of ether oxygens (including phenoxy) is 1. The molecule has 2 aliphatic rings. The van der Waals surface area contributed by atoms with Crippen LogP contribution in [0.3, 0.4) is 0 Å². The Morgan fingerprint density at radius 1 is 1.27 bits per heavy atom. The summed E-state index contributed by atoms with van der Waals surface area (Å²) in [5, 5.41) is 9.19. The Balaban J connectivity index is 1.75. The summed E-state index contributed by atoms with van der Waals surface area (Å²) in [5.74, 6) is -1.29. The van der Waals surface area contributed by atoms with E-state index in [0.29, 0.717) is 25.3 Å². The summed E-state index contributed by atoms with van der Waals surface area (Å²) in [5.41, 5.74) is 0.196. The van der Waals surface area contributed by atoms with E-state index in [4.69, 9.17) is 4.74 Å². The van der Waals surface area contributed by atoms with Crippen LogP contribution in [0.2, 0.25) is 0 Å². The molecule has 0 unspecified atom stereocenters. The molecule has 0 radical (unpaired) electrons. The Hall–Kier alpha value is -1.73. The number of benzene rings is 1. The number of halogens is 2. The predicted octanol–water partition coefficient (Wildman–Crippen LogP) is 2.17. The minimum Gasteiger partial charge on any atom is -0.496 e. The number of likely N-dealkylation sites (tertiary alicyclic amines) is 2. The van der Waals surface area contributed by atoms with Gasteiger partial charge in [-0.05, 0) is 37.9 Å². The number of aliphatic hydroxyl groups excluding tert-OH is 1. The molecule has 7 heteroatoms. The average Bonchev–Trinajstić information content (AvgIpc) is 2.63. The van der Waals surface area contributed by atoms with Gasteiger partial charge < -0.3 is 14.7 Å². The van der Waals surface area contributed by atoms with Crippen molar-refractivity contribution in [2.24, 2.45) is 5.41 Å². The molecule has 1 N–H and O–H groups in total. The molecule has 1 aromatic rings. The van der Waals surface area contributed by atoms with Gasteiger partial charge in [0.15, 0.2) is 11.6 Å². The topological polar surface area (TPSA) is 53.0 Å². The van der Waals surface area contributed by atoms with Crippen LogP contribution in [0.15, 0.2) is 12.1 Å². The molecule has 5 nitrogen and oxygen atoms in total. The number of nitrogens with zero attached hydrogens (tertiary/aromatic N) is 2. The fraction of sp³-hybridized carbons (Fsp3) is 0.632. The number of piperidine rings is 2. The molecule has 1 spiro atoms. The van der Waals surface area contributed by atoms with Crippen molar-refractivity contribution in [2.45, 2.75) is 32.2 Å². The maximum absolute atomic E-state index is 14.3. The molecule has 3 rings (SSSR count). The normalized spacial score (nSPS) is 24.3. The van der Waals surface area contributed by atoms with E-state index >= 15 is 0 Å². The van der Waals surface area contributed by atoms with Crippen LogP contribution in [0.1, 0.15) is 31.2 Å². The maximum atomic E-state index is 14.3. The third kappa shape index (κ3) is 3.83. The zero-order valence-corrected chi connectivity index (χ0v) is 15.1.